The third-order valence-corrected chi connectivity index (χ3v) is 6.68. The fraction of sp³-hybridized carbons (Fsp3) is 0.750. The van der Waals surface area contributed by atoms with Crippen LogP contribution >= 0.6 is 11.8 Å². The first-order chi connectivity index (χ1) is 9.53. The lowest BCUT2D eigenvalue weighted by Gasteiger charge is -2.26. The molecule has 3 N–H and O–H groups in total. The molecule has 20 heavy (non-hydrogen) atoms. The van der Waals surface area contributed by atoms with Gasteiger partial charge in [-0.3, -0.25) is 5.10 Å². The van der Waals surface area contributed by atoms with Crippen molar-refractivity contribution >= 4 is 21.8 Å². The van der Waals surface area contributed by atoms with Gasteiger partial charge in [0.1, 0.15) is 0 Å². The van der Waals surface area contributed by atoms with Crippen LogP contribution in [0.3, 0.4) is 0 Å². The number of H-pyrrole nitrogens is 1. The van der Waals surface area contributed by atoms with Gasteiger partial charge in [0, 0.05) is 23.4 Å². The van der Waals surface area contributed by atoms with Crippen molar-refractivity contribution in [2.75, 3.05) is 19.8 Å². The second-order valence-corrected chi connectivity index (χ2v) is 8.15. The normalized spacial score (nSPS) is 18.5. The van der Waals surface area contributed by atoms with Gasteiger partial charge in [0.2, 0.25) is 0 Å². The van der Waals surface area contributed by atoms with Gasteiger partial charge in [-0.05, 0) is 26.1 Å². The molecule has 0 unspecified atom stereocenters. The maximum Gasteiger partial charge on any atom is 0.257 e. The summed E-state index contributed by atoms with van der Waals surface area (Å²) in [6.07, 6.45) is 8.11. The molecule has 1 aromatic rings. The highest BCUT2D eigenvalue weighted by Crippen LogP contribution is 2.39. The number of thioether (sulfide) groups is 1. The Morgan fingerprint density at radius 3 is 2.75 bits per heavy atom. The van der Waals surface area contributed by atoms with Crippen LogP contribution in [0.1, 0.15) is 31.2 Å². The van der Waals surface area contributed by atoms with Crippen molar-refractivity contribution in [1.29, 1.82) is 0 Å². The van der Waals surface area contributed by atoms with Crippen LogP contribution in [0.5, 0.6) is 0 Å². The van der Waals surface area contributed by atoms with E-state index in [-0.39, 0.29) is 9.77 Å². The maximum atomic E-state index is 12.4. The van der Waals surface area contributed by atoms with E-state index in [2.05, 4.69) is 26.5 Å². The van der Waals surface area contributed by atoms with Crippen molar-refractivity contribution in [3.05, 3.63) is 11.8 Å². The van der Waals surface area contributed by atoms with Gasteiger partial charge in [0.05, 0.1) is 6.20 Å². The van der Waals surface area contributed by atoms with Gasteiger partial charge >= 0.3 is 0 Å². The van der Waals surface area contributed by atoms with Crippen LogP contribution in [0.25, 0.3) is 0 Å². The molecule has 2 rings (SSSR count). The van der Waals surface area contributed by atoms with Crippen molar-refractivity contribution in [3.63, 3.8) is 0 Å². The molecule has 0 radical (unpaired) electrons. The van der Waals surface area contributed by atoms with Crippen LogP contribution in [0.2, 0.25) is 0 Å². The number of hydrogen-bond donors (Lipinski definition) is 3. The number of nitrogens with one attached hydrogen (secondary N) is 3. The van der Waals surface area contributed by atoms with E-state index in [1.54, 1.807) is 25.0 Å². The van der Waals surface area contributed by atoms with Gasteiger partial charge in [-0.1, -0.05) is 12.8 Å². The Balaban J connectivity index is 2.09. The monoisotopic (exact) mass is 318 g/mol. The average Bonchev–Trinajstić information content (AvgIpc) is 3.07. The van der Waals surface area contributed by atoms with Gasteiger partial charge in [-0.2, -0.15) is 16.9 Å². The van der Waals surface area contributed by atoms with E-state index < -0.39 is 10.0 Å². The predicted molar refractivity (Wildman–Crippen MR) is 81.3 cm³/mol. The highest BCUT2D eigenvalue weighted by atomic mass is 32.2. The summed E-state index contributed by atoms with van der Waals surface area (Å²) >= 11 is 1.77. The first-order valence-corrected chi connectivity index (χ1v) is 9.45. The van der Waals surface area contributed by atoms with Crippen LogP contribution in [0.15, 0.2) is 11.2 Å². The number of rotatable bonds is 7. The molecule has 6 nitrogen and oxygen atoms in total. The van der Waals surface area contributed by atoms with Crippen molar-refractivity contribution in [1.82, 2.24) is 20.2 Å². The third-order valence-electron chi connectivity index (χ3n) is 3.85. The third kappa shape index (κ3) is 3.36. The minimum absolute atomic E-state index is 0.0518. The molecular formula is C12H22N4O2S2. The summed E-state index contributed by atoms with van der Waals surface area (Å²) in [5, 5.41) is 9.53. The Bertz CT molecular complexity index is 535. The first kappa shape index (κ1) is 15.8. The number of aromatic nitrogens is 2. The van der Waals surface area contributed by atoms with Crippen LogP contribution < -0.4 is 10.0 Å². The topological polar surface area (TPSA) is 86.9 Å². The quantitative estimate of drug-likeness (QED) is 0.700. The lowest BCUT2D eigenvalue weighted by Crippen LogP contribution is -2.38. The fourth-order valence-electron chi connectivity index (χ4n) is 2.62. The Morgan fingerprint density at radius 2 is 2.15 bits per heavy atom. The van der Waals surface area contributed by atoms with E-state index in [0.29, 0.717) is 18.7 Å². The SMILES string of the molecule is CNCc1cn[nH]c1S(=O)(=O)NCC1(SC)CCCC1. The molecule has 0 aliphatic heterocycles. The molecule has 0 amide bonds. The van der Waals surface area contributed by atoms with Crippen LogP contribution in [-0.2, 0) is 16.6 Å². The summed E-state index contributed by atoms with van der Waals surface area (Å²) in [6, 6.07) is 0. The molecule has 1 aliphatic carbocycles. The Kier molecular flexibility index (Phi) is 5.11. The Hall–Kier alpha value is -0.570. The zero-order valence-electron chi connectivity index (χ0n) is 11.9. The highest BCUT2D eigenvalue weighted by Gasteiger charge is 2.34. The van der Waals surface area contributed by atoms with Crippen LogP contribution in [0, 0.1) is 0 Å². The molecule has 1 fully saturated rings. The molecule has 1 aliphatic rings. The van der Waals surface area contributed by atoms with Gasteiger partial charge < -0.3 is 5.32 Å². The fourth-order valence-corrected chi connectivity index (χ4v) is 4.88. The number of nitrogens with zero attached hydrogens (tertiary/aromatic N) is 1. The Labute approximate surface area is 124 Å². The average molecular weight is 318 g/mol. The molecule has 1 aromatic heterocycles. The molecule has 0 atom stereocenters. The lowest BCUT2D eigenvalue weighted by molar-refractivity contribution is 0.547. The van der Waals surface area contributed by atoms with Gasteiger partial charge in [0.15, 0.2) is 5.03 Å². The van der Waals surface area contributed by atoms with Gasteiger partial charge in [-0.15, -0.1) is 0 Å². The van der Waals surface area contributed by atoms with E-state index in [1.807, 2.05) is 0 Å². The van der Waals surface area contributed by atoms with Crippen molar-refractivity contribution in [2.24, 2.45) is 0 Å². The molecule has 1 saturated carbocycles. The number of aromatic amines is 1. The van der Waals surface area contributed by atoms with E-state index >= 15 is 0 Å². The smallest absolute Gasteiger partial charge is 0.257 e. The van der Waals surface area contributed by atoms with E-state index in [0.717, 1.165) is 12.8 Å². The van der Waals surface area contributed by atoms with Crippen molar-refractivity contribution < 1.29 is 8.42 Å². The summed E-state index contributed by atoms with van der Waals surface area (Å²) < 4.78 is 27.6. The Morgan fingerprint density at radius 1 is 1.45 bits per heavy atom. The summed E-state index contributed by atoms with van der Waals surface area (Å²) in [7, 11) is -1.75. The molecule has 1 heterocycles. The highest BCUT2D eigenvalue weighted by molar-refractivity contribution is 8.00. The molecule has 8 heteroatoms. The standard InChI is InChI=1S/C12H22N4O2S2/c1-13-7-10-8-14-16-11(10)20(17,18)15-9-12(19-2)5-3-4-6-12/h8,13,15H,3-7,9H2,1-2H3,(H,14,16). The largest absolute Gasteiger partial charge is 0.316 e. The molecule has 0 bridgehead atoms. The molecule has 0 spiro atoms. The summed E-state index contributed by atoms with van der Waals surface area (Å²) in [6.45, 7) is 0.953. The van der Waals surface area contributed by atoms with E-state index in [4.69, 9.17) is 0 Å². The lowest BCUT2D eigenvalue weighted by atomic mass is 10.1. The molecule has 114 valence electrons. The van der Waals surface area contributed by atoms with Crippen molar-refractivity contribution in [2.45, 2.75) is 42.0 Å². The molecule has 0 aromatic carbocycles. The second kappa shape index (κ2) is 6.46. The minimum atomic E-state index is -3.53. The molecule has 0 saturated heterocycles. The number of sulfonamides is 1. The minimum Gasteiger partial charge on any atom is -0.316 e. The summed E-state index contributed by atoms with van der Waals surface area (Å²) in [5.74, 6) is 0. The van der Waals surface area contributed by atoms with E-state index in [1.165, 1.54) is 12.8 Å². The van der Waals surface area contributed by atoms with E-state index in [9.17, 15) is 8.42 Å². The van der Waals surface area contributed by atoms with Gasteiger partial charge in [-0.25, -0.2) is 13.1 Å². The maximum absolute atomic E-state index is 12.4. The first-order valence-electron chi connectivity index (χ1n) is 6.75. The second-order valence-electron chi connectivity index (χ2n) is 5.17. The zero-order chi connectivity index (χ0) is 14.6. The van der Waals surface area contributed by atoms with Crippen LogP contribution in [0.4, 0.5) is 0 Å². The summed E-state index contributed by atoms with van der Waals surface area (Å²) in [4.78, 5) is 0. The zero-order valence-corrected chi connectivity index (χ0v) is 13.5. The molecular weight excluding hydrogens is 296 g/mol. The summed E-state index contributed by atoms with van der Waals surface area (Å²) in [5.41, 5.74) is 0.657. The number of hydrogen-bond acceptors (Lipinski definition) is 5. The van der Waals surface area contributed by atoms with Crippen LogP contribution in [-0.4, -0.2) is 43.2 Å². The van der Waals surface area contributed by atoms with Gasteiger partial charge in [0.25, 0.3) is 10.0 Å². The van der Waals surface area contributed by atoms with Crippen molar-refractivity contribution in [3.8, 4) is 0 Å². The predicted octanol–water partition coefficient (Wildman–Crippen LogP) is 1.08.